The number of aliphatic hydroxyl groups excluding tert-OH is 2. The summed E-state index contributed by atoms with van der Waals surface area (Å²) in [5.41, 5.74) is 4.08. The second-order valence-corrected chi connectivity index (χ2v) is 19.3. The third-order valence-corrected chi connectivity index (χ3v) is 12.5. The lowest BCUT2D eigenvalue weighted by Crippen LogP contribution is -2.46. The van der Waals surface area contributed by atoms with E-state index in [-0.39, 0.29) is 41.6 Å². The number of allylic oxidation sites excluding steroid dienone is 4. The minimum atomic E-state index is -5.92. The maximum atomic E-state index is 12.6. The second kappa shape index (κ2) is 24.2. The molecule has 1 aliphatic rings. The molecule has 61 heavy (non-hydrogen) atoms. The van der Waals surface area contributed by atoms with Crippen LogP contribution in [0.3, 0.4) is 0 Å². The van der Waals surface area contributed by atoms with Crippen molar-refractivity contribution in [2.24, 2.45) is 5.41 Å². The van der Waals surface area contributed by atoms with Gasteiger partial charge in [0.1, 0.15) is 36.3 Å². The van der Waals surface area contributed by atoms with Crippen LogP contribution in [-0.2, 0) is 50.7 Å². The summed E-state index contributed by atoms with van der Waals surface area (Å²) in [5.74, 6) is -1.18. The molecule has 0 spiro atoms. The number of nitrogens with two attached hydrogens (primary N) is 1. The van der Waals surface area contributed by atoms with Gasteiger partial charge in [0.2, 0.25) is 11.8 Å². The number of nitrogen functional groups attached to an aromatic ring is 1. The van der Waals surface area contributed by atoms with Gasteiger partial charge in [-0.05, 0) is 32.1 Å². The topological polar surface area (TPSA) is 375 Å². The molecule has 2 aromatic heterocycles. The summed E-state index contributed by atoms with van der Waals surface area (Å²) in [6, 6.07) is 0. The Hall–Kier alpha value is -2.96. The quantitative estimate of drug-likeness (QED) is 0.0432. The van der Waals surface area contributed by atoms with Crippen molar-refractivity contribution >= 4 is 69.1 Å². The van der Waals surface area contributed by atoms with E-state index in [1.54, 1.807) is 0 Å². The Morgan fingerprint density at radius 2 is 1.72 bits per heavy atom. The lowest BCUT2D eigenvalue weighted by molar-refractivity contribution is -0.347. The van der Waals surface area contributed by atoms with Crippen molar-refractivity contribution in [1.82, 2.24) is 30.2 Å². The van der Waals surface area contributed by atoms with E-state index in [2.05, 4.69) is 74.7 Å². The number of hydrogen-bond donors (Lipinski definition) is 5. The van der Waals surface area contributed by atoms with Crippen molar-refractivity contribution in [3.05, 3.63) is 37.0 Å². The lowest BCUT2D eigenvalue weighted by atomic mass is 9.87. The predicted octanol–water partition coefficient (Wildman–Crippen LogP) is -0.390. The van der Waals surface area contributed by atoms with E-state index in [0.29, 0.717) is 12.2 Å². The van der Waals surface area contributed by atoms with Crippen LogP contribution in [0.2, 0.25) is 0 Å². The molecule has 0 saturated carbocycles. The van der Waals surface area contributed by atoms with Gasteiger partial charge in [0, 0.05) is 37.1 Å². The highest BCUT2D eigenvalue weighted by molar-refractivity contribution is 8.13. The van der Waals surface area contributed by atoms with Gasteiger partial charge >= 0.3 is 0 Å². The molecule has 0 radical (unpaired) electrons. The Balaban J connectivity index is 1.40. The second-order valence-electron chi connectivity index (χ2n) is 14.0. The zero-order chi connectivity index (χ0) is 45.4. The molecular formula is C33H50N7O17P3S-4. The highest BCUT2D eigenvalue weighted by atomic mass is 32.2. The number of imidazole rings is 1. The number of carbonyl (C=O) groups excluding carboxylic acids is 3. The maximum absolute atomic E-state index is 12.6. The van der Waals surface area contributed by atoms with E-state index >= 15 is 0 Å². The minimum Gasteiger partial charge on any atom is -0.790 e. The zero-order valence-electron chi connectivity index (χ0n) is 33.5. The van der Waals surface area contributed by atoms with E-state index < -0.39 is 84.6 Å². The normalized spacial score (nSPS) is 21.1. The molecule has 7 atom stereocenters. The first kappa shape index (κ1) is 52.4. The monoisotopic (exact) mass is 941 g/mol. The summed E-state index contributed by atoms with van der Waals surface area (Å²) in [6.45, 7) is 2.20. The standard InChI is InChI=1S/C33H54N7O17P3S/c1-4-5-6-7-8-9-10-11-12-13-24(42)61-17-16-35-23(41)14-15-36-31(45)28(44)33(2,3)19-54-60(51,52)57-59(49,50)53-18-22-27(56-58(46,47)48)26(43)32(55-22)40-21-39-25-29(34)37-20-38-30(25)40/h5-6,8-9,20-22,26-28,32,43-44H,4,7,10-19H2,1-3H3,(H,35,41)(H,36,45)(H,49,50)(H,51,52)(H2,34,37,38)(H2,46,47,48)/p-4/b6-5-,9-8-/t22-,26-,27-,28+,32-/m1/s1. The molecule has 0 aliphatic carbocycles. The number of aromatic nitrogens is 4. The molecule has 24 nitrogen and oxygen atoms in total. The Bertz CT molecular complexity index is 1980. The number of phosphoric acid groups is 3. The third-order valence-electron chi connectivity index (χ3n) is 8.58. The third kappa shape index (κ3) is 18.0. The highest BCUT2D eigenvalue weighted by Crippen LogP contribution is 2.56. The number of ether oxygens (including phenoxy) is 1. The predicted molar refractivity (Wildman–Crippen MR) is 210 cm³/mol. The Labute approximate surface area is 355 Å². The highest BCUT2D eigenvalue weighted by Gasteiger charge is 2.47. The average Bonchev–Trinajstić information content (AvgIpc) is 3.73. The Kier molecular flexibility index (Phi) is 20.8. The van der Waals surface area contributed by atoms with Crippen LogP contribution in [0.4, 0.5) is 5.82 Å². The number of aliphatic hydroxyl groups is 2. The van der Waals surface area contributed by atoms with Gasteiger partial charge in [-0.1, -0.05) is 56.8 Å². The number of nitrogens with zero attached hydrogens (tertiary/aromatic N) is 4. The van der Waals surface area contributed by atoms with Crippen molar-refractivity contribution in [2.45, 2.75) is 96.4 Å². The Morgan fingerprint density at radius 3 is 2.43 bits per heavy atom. The van der Waals surface area contributed by atoms with Gasteiger partial charge in [-0.2, -0.15) is 0 Å². The van der Waals surface area contributed by atoms with E-state index in [0.717, 1.165) is 61.1 Å². The number of thioether (sulfide) groups is 1. The molecule has 1 fully saturated rings. The molecule has 1 aliphatic heterocycles. The Morgan fingerprint density at radius 1 is 1.02 bits per heavy atom. The summed E-state index contributed by atoms with van der Waals surface area (Å²) >= 11 is 1.11. The maximum Gasteiger partial charge on any atom is 0.274 e. The first-order valence-corrected chi connectivity index (χ1v) is 24.2. The smallest absolute Gasteiger partial charge is 0.274 e. The molecule has 0 aromatic carbocycles. The lowest BCUT2D eigenvalue weighted by Gasteiger charge is -2.36. The van der Waals surface area contributed by atoms with Crippen LogP contribution in [0.15, 0.2) is 37.0 Å². The van der Waals surface area contributed by atoms with E-state index in [1.807, 2.05) is 0 Å². The van der Waals surface area contributed by atoms with Crippen LogP contribution in [0.25, 0.3) is 11.2 Å². The fourth-order valence-electron chi connectivity index (χ4n) is 5.43. The number of fused-ring (bicyclic) bond motifs is 1. The summed E-state index contributed by atoms with van der Waals surface area (Å²) < 4.78 is 60.6. The first-order valence-electron chi connectivity index (χ1n) is 18.8. The van der Waals surface area contributed by atoms with Crippen LogP contribution in [0.5, 0.6) is 0 Å². The number of amides is 2. The molecule has 2 amide bonds. The molecule has 2 aromatic rings. The first-order chi connectivity index (χ1) is 28.6. The molecule has 3 heterocycles. The molecule has 344 valence electrons. The molecule has 28 heteroatoms. The molecule has 0 bridgehead atoms. The number of nitrogens with one attached hydrogen (secondary N) is 2. The van der Waals surface area contributed by atoms with Gasteiger partial charge in [-0.25, -0.2) is 19.3 Å². The van der Waals surface area contributed by atoms with Crippen LogP contribution in [-0.4, -0.2) is 103 Å². The molecule has 3 rings (SSSR count). The van der Waals surface area contributed by atoms with Crippen molar-refractivity contribution in [3.63, 3.8) is 0 Å². The molecule has 2 unspecified atom stereocenters. The van der Waals surface area contributed by atoms with E-state index in [4.69, 9.17) is 10.5 Å². The zero-order valence-corrected chi connectivity index (χ0v) is 37.0. The molecule has 1 saturated heterocycles. The van der Waals surface area contributed by atoms with Gasteiger partial charge in [-0.15, -0.1) is 0 Å². The van der Waals surface area contributed by atoms with Crippen LogP contribution in [0.1, 0.15) is 71.9 Å². The number of hydrogen-bond acceptors (Lipinski definition) is 22. The molecule has 6 N–H and O–H groups in total. The summed E-state index contributed by atoms with van der Waals surface area (Å²) in [5, 5.41) is 26.3. The number of carbonyl (C=O) groups is 3. The van der Waals surface area contributed by atoms with Gasteiger partial charge in [0.25, 0.3) is 15.6 Å². The van der Waals surface area contributed by atoms with Crippen LogP contribution >= 0.6 is 35.2 Å². The number of unbranched alkanes of at least 4 members (excludes halogenated alkanes) is 2. The average molecular weight is 942 g/mol. The SMILES string of the molecule is CC/C=C\C/C=C\CCCCC(=O)SCCNC(=O)CCNC(=O)[C@H](O)C(C)(C)COP(=O)([O-])OP(=O)([O-])OC[C@H]1O[C@@H](n2cnc3c(N)ncnc32)[C@H](O)[C@@H]1OP(=O)([O-])[O-]. The van der Waals surface area contributed by atoms with Crippen molar-refractivity contribution < 1.29 is 80.5 Å². The minimum absolute atomic E-state index is 0.0183. The molecular weight excluding hydrogens is 891 g/mol. The van der Waals surface area contributed by atoms with Crippen LogP contribution in [0, 0.1) is 5.41 Å². The van der Waals surface area contributed by atoms with Crippen molar-refractivity contribution in [3.8, 4) is 0 Å². The summed E-state index contributed by atoms with van der Waals surface area (Å²) in [7, 11) is -17.6. The number of rotatable bonds is 27. The fraction of sp³-hybridized carbons (Fsp3) is 0.636. The van der Waals surface area contributed by atoms with E-state index in [9.17, 15) is 57.9 Å². The van der Waals surface area contributed by atoms with Gasteiger partial charge in [-0.3, -0.25) is 28.1 Å². The van der Waals surface area contributed by atoms with Crippen molar-refractivity contribution in [1.29, 1.82) is 0 Å². The number of phosphoric ester groups is 3. The summed E-state index contributed by atoms with van der Waals surface area (Å²) in [6.07, 6.45) is 5.68. The fourth-order valence-corrected chi connectivity index (χ4v) is 8.89. The summed E-state index contributed by atoms with van der Waals surface area (Å²) in [4.78, 5) is 96.4. The van der Waals surface area contributed by atoms with Crippen LogP contribution < -0.4 is 35.9 Å². The number of anilines is 1. The largest absolute Gasteiger partial charge is 0.790 e. The van der Waals surface area contributed by atoms with Crippen molar-refractivity contribution in [2.75, 3.05) is 37.8 Å². The van der Waals surface area contributed by atoms with E-state index in [1.165, 1.54) is 13.8 Å². The van der Waals surface area contributed by atoms with Gasteiger partial charge in [0.15, 0.2) is 22.8 Å². The van der Waals surface area contributed by atoms with Gasteiger partial charge in [0.05, 0.1) is 27.4 Å². The van der Waals surface area contributed by atoms with Gasteiger partial charge < -0.3 is 69.0 Å².